The minimum absolute atomic E-state index is 0.225. The fourth-order valence-corrected chi connectivity index (χ4v) is 2.82. The Morgan fingerprint density at radius 1 is 0.929 bits per heavy atom. The van der Waals surface area contributed by atoms with Crippen molar-refractivity contribution in [2.75, 3.05) is 10.6 Å². The van der Waals surface area contributed by atoms with E-state index in [-0.39, 0.29) is 17.5 Å². The molecule has 140 valence electrons. The molecule has 0 aliphatic rings. The van der Waals surface area contributed by atoms with Gasteiger partial charge in [0.15, 0.2) is 12.0 Å². The van der Waals surface area contributed by atoms with E-state index in [1.54, 1.807) is 48.5 Å². The molecule has 1 heterocycles. The maximum absolute atomic E-state index is 12.9. The van der Waals surface area contributed by atoms with Gasteiger partial charge in [-0.15, -0.1) is 0 Å². The number of para-hydroxylation sites is 1. The summed E-state index contributed by atoms with van der Waals surface area (Å²) in [4.78, 5) is 12.4. The van der Waals surface area contributed by atoms with E-state index in [1.165, 1.54) is 12.1 Å². The first-order valence-corrected chi connectivity index (χ1v) is 8.68. The Bertz CT molecular complexity index is 1070. The molecular weight excluding hydrogens is 359 g/mol. The zero-order valence-corrected chi connectivity index (χ0v) is 14.7. The molecular formula is C22H17FN2O3. The first-order valence-electron chi connectivity index (χ1n) is 8.68. The van der Waals surface area contributed by atoms with Crippen molar-refractivity contribution in [3.63, 3.8) is 0 Å². The fraction of sp³-hybridized carbons (Fsp3) is 0.0455. The summed E-state index contributed by atoms with van der Waals surface area (Å²) in [7, 11) is 0. The van der Waals surface area contributed by atoms with E-state index in [1.807, 2.05) is 18.2 Å². The number of benzene rings is 3. The highest BCUT2D eigenvalue weighted by molar-refractivity contribution is 6.04. The minimum Gasteiger partial charge on any atom is -0.451 e. The van der Waals surface area contributed by atoms with Gasteiger partial charge in [0, 0.05) is 22.3 Å². The monoisotopic (exact) mass is 376 g/mol. The van der Waals surface area contributed by atoms with Gasteiger partial charge in [-0.1, -0.05) is 30.3 Å². The maximum Gasteiger partial charge on any atom is 0.291 e. The number of halogens is 1. The number of carbonyl (C=O) groups excluding carboxylic acids is 1. The molecule has 4 aromatic rings. The molecule has 0 saturated heterocycles. The molecule has 1 unspecified atom stereocenters. The van der Waals surface area contributed by atoms with Crippen molar-refractivity contribution in [2.45, 2.75) is 6.23 Å². The lowest BCUT2D eigenvalue weighted by molar-refractivity contribution is 0.0998. The molecule has 1 amide bonds. The highest BCUT2D eigenvalue weighted by atomic mass is 19.1. The molecule has 0 aliphatic carbocycles. The molecule has 0 spiro atoms. The highest BCUT2D eigenvalue weighted by Gasteiger charge is 2.13. The third-order valence-electron chi connectivity index (χ3n) is 4.28. The van der Waals surface area contributed by atoms with Gasteiger partial charge < -0.3 is 20.2 Å². The Kier molecular flexibility index (Phi) is 4.78. The number of furan rings is 1. The van der Waals surface area contributed by atoms with Crippen LogP contribution in [0.1, 0.15) is 22.3 Å². The van der Waals surface area contributed by atoms with Gasteiger partial charge in [-0.25, -0.2) is 4.39 Å². The van der Waals surface area contributed by atoms with E-state index in [4.69, 9.17) is 4.42 Å². The van der Waals surface area contributed by atoms with Gasteiger partial charge in [0.25, 0.3) is 5.91 Å². The molecule has 1 atom stereocenters. The average Bonchev–Trinajstić information content (AvgIpc) is 3.15. The predicted molar refractivity (Wildman–Crippen MR) is 106 cm³/mol. The molecule has 3 N–H and O–H groups in total. The summed E-state index contributed by atoms with van der Waals surface area (Å²) in [6.07, 6.45) is -0.967. The molecule has 4 rings (SSSR count). The van der Waals surface area contributed by atoms with Crippen molar-refractivity contribution in [3.05, 3.63) is 96.0 Å². The van der Waals surface area contributed by atoms with Crippen LogP contribution in [0.15, 0.2) is 83.3 Å². The fourth-order valence-electron chi connectivity index (χ4n) is 2.82. The second kappa shape index (κ2) is 7.54. The topological polar surface area (TPSA) is 74.5 Å². The van der Waals surface area contributed by atoms with Gasteiger partial charge in [-0.2, -0.15) is 0 Å². The Labute approximate surface area is 160 Å². The Balaban J connectivity index is 1.42. The zero-order chi connectivity index (χ0) is 19.5. The number of aliphatic hydroxyl groups excluding tert-OH is 1. The number of hydrogen-bond donors (Lipinski definition) is 3. The first-order chi connectivity index (χ1) is 13.6. The number of nitrogens with one attached hydrogen (secondary N) is 2. The number of aliphatic hydroxyl groups is 1. The molecule has 0 aliphatic heterocycles. The molecule has 0 fully saturated rings. The van der Waals surface area contributed by atoms with Crippen molar-refractivity contribution in [1.82, 2.24) is 0 Å². The van der Waals surface area contributed by atoms with Crippen LogP contribution in [0.4, 0.5) is 15.8 Å². The number of rotatable bonds is 5. The third kappa shape index (κ3) is 3.87. The second-order valence-corrected chi connectivity index (χ2v) is 6.28. The van der Waals surface area contributed by atoms with Crippen LogP contribution in [0.5, 0.6) is 0 Å². The number of carbonyl (C=O) groups is 1. The molecule has 5 nitrogen and oxygen atoms in total. The highest BCUT2D eigenvalue weighted by Crippen LogP contribution is 2.22. The number of amides is 1. The van der Waals surface area contributed by atoms with E-state index < -0.39 is 6.23 Å². The molecule has 0 bridgehead atoms. The molecule has 0 radical (unpaired) electrons. The van der Waals surface area contributed by atoms with Crippen LogP contribution in [0.2, 0.25) is 0 Å². The smallest absolute Gasteiger partial charge is 0.291 e. The average molecular weight is 376 g/mol. The molecule has 0 saturated carbocycles. The van der Waals surface area contributed by atoms with Crippen LogP contribution in [0.3, 0.4) is 0 Å². The van der Waals surface area contributed by atoms with Gasteiger partial charge in [-0.05, 0) is 48.5 Å². The van der Waals surface area contributed by atoms with Gasteiger partial charge >= 0.3 is 0 Å². The van der Waals surface area contributed by atoms with Crippen LogP contribution in [-0.2, 0) is 0 Å². The summed E-state index contributed by atoms with van der Waals surface area (Å²) in [6.45, 7) is 0. The van der Waals surface area contributed by atoms with Crippen LogP contribution in [0.25, 0.3) is 11.0 Å². The number of anilines is 2. The lowest BCUT2D eigenvalue weighted by atomic mass is 10.1. The van der Waals surface area contributed by atoms with Gasteiger partial charge in [0.05, 0.1) is 0 Å². The van der Waals surface area contributed by atoms with Crippen molar-refractivity contribution in [3.8, 4) is 0 Å². The van der Waals surface area contributed by atoms with Gasteiger partial charge in [0.1, 0.15) is 11.4 Å². The van der Waals surface area contributed by atoms with Crippen LogP contribution >= 0.6 is 0 Å². The van der Waals surface area contributed by atoms with Gasteiger partial charge in [-0.3, -0.25) is 4.79 Å². The standard InChI is InChI=1S/C22H17FN2O3/c23-16-7-11-18(12-8-16)24-21(26)14-5-9-17(10-6-14)25-22(27)20-13-15-3-1-2-4-19(15)28-20/h1-13,21,24,26H,(H,25,27). The van der Waals surface area contributed by atoms with E-state index in [9.17, 15) is 14.3 Å². The van der Waals surface area contributed by atoms with Crippen LogP contribution in [-0.4, -0.2) is 11.0 Å². The minimum atomic E-state index is -0.967. The van der Waals surface area contributed by atoms with E-state index in [0.717, 1.165) is 5.39 Å². The summed E-state index contributed by atoms with van der Waals surface area (Å²) < 4.78 is 18.5. The van der Waals surface area contributed by atoms with E-state index >= 15 is 0 Å². The van der Waals surface area contributed by atoms with Gasteiger partial charge in [0.2, 0.25) is 0 Å². The van der Waals surface area contributed by atoms with E-state index in [2.05, 4.69) is 10.6 Å². The summed E-state index contributed by atoms with van der Waals surface area (Å²) in [5.41, 5.74) is 2.42. The Hall–Kier alpha value is -3.64. The lowest BCUT2D eigenvalue weighted by Gasteiger charge is -2.15. The third-order valence-corrected chi connectivity index (χ3v) is 4.28. The molecule has 1 aromatic heterocycles. The molecule has 6 heteroatoms. The van der Waals surface area contributed by atoms with Crippen molar-refractivity contribution in [2.24, 2.45) is 0 Å². The number of hydrogen-bond acceptors (Lipinski definition) is 4. The predicted octanol–water partition coefficient (Wildman–Crippen LogP) is 4.93. The molecule has 28 heavy (non-hydrogen) atoms. The quantitative estimate of drug-likeness (QED) is 0.432. The zero-order valence-electron chi connectivity index (χ0n) is 14.7. The number of fused-ring (bicyclic) bond motifs is 1. The molecule has 3 aromatic carbocycles. The SMILES string of the molecule is O=C(Nc1ccc(C(O)Nc2ccc(F)cc2)cc1)c1cc2ccccc2o1. The largest absolute Gasteiger partial charge is 0.451 e. The van der Waals surface area contributed by atoms with Crippen molar-refractivity contribution < 1.29 is 18.7 Å². The van der Waals surface area contributed by atoms with Crippen LogP contribution in [0, 0.1) is 5.82 Å². The normalized spacial score (nSPS) is 11.9. The Morgan fingerprint density at radius 2 is 1.61 bits per heavy atom. The lowest BCUT2D eigenvalue weighted by Crippen LogP contribution is -2.12. The summed E-state index contributed by atoms with van der Waals surface area (Å²) in [5.74, 6) is -0.471. The maximum atomic E-state index is 12.9. The second-order valence-electron chi connectivity index (χ2n) is 6.28. The first kappa shape index (κ1) is 17.8. The van der Waals surface area contributed by atoms with Crippen LogP contribution < -0.4 is 10.6 Å². The summed E-state index contributed by atoms with van der Waals surface area (Å²) in [6, 6.07) is 21.5. The van der Waals surface area contributed by atoms with E-state index in [0.29, 0.717) is 22.5 Å². The van der Waals surface area contributed by atoms with Crippen molar-refractivity contribution >= 4 is 28.3 Å². The summed E-state index contributed by atoms with van der Waals surface area (Å²) in [5, 5.41) is 16.8. The Morgan fingerprint density at radius 3 is 2.32 bits per heavy atom. The summed E-state index contributed by atoms with van der Waals surface area (Å²) >= 11 is 0. The van der Waals surface area contributed by atoms with Crippen molar-refractivity contribution in [1.29, 1.82) is 0 Å².